The van der Waals surface area contributed by atoms with Gasteiger partial charge in [-0.25, -0.2) is 13.4 Å². The number of hydrogen-bond acceptors (Lipinski definition) is 6. The number of rotatable bonds is 6. The molecule has 2 saturated heterocycles. The van der Waals surface area contributed by atoms with E-state index in [4.69, 9.17) is 4.98 Å². The molecule has 0 radical (unpaired) electrons. The first-order valence-corrected chi connectivity index (χ1v) is 13.1. The second kappa shape index (κ2) is 9.15. The molecule has 2 aliphatic heterocycles. The first-order chi connectivity index (χ1) is 15.9. The highest BCUT2D eigenvalue weighted by molar-refractivity contribution is 7.89. The summed E-state index contributed by atoms with van der Waals surface area (Å²) in [5, 5.41) is -0.445. The van der Waals surface area contributed by atoms with Crippen molar-refractivity contribution in [3.63, 3.8) is 0 Å². The lowest BCUT2D eigenvalue weighted by atomic mass is 10.2. The average molecular weight is 469 g/mol. The van der Waals surface area contributed by atoms with Gasteiger partial charge in [0.25, 0.3) is 0 Å². The SMILES string of the molecule is CC1NNC(C)C1S(=O)(=O)N1CCN(Cc2nc3ccccc3n2Cc2ccccc2)CC1. The van der Waals surface area contributed by atoms with Gasteiger partial charge in [0.15, 0.2) is 0 Å². The van der Waals surface area contributed by atoms with Crippen LogP contribution >= 0.6 is 0 Å². The summed E-state index contributed by atoms with van der Waals surface area (Å²) < 4.78 is 30.5. The number of hydrogen-bond donors (Lipinski definition) is 2. The highest BCUT2D eigenvalue weighted by Crippen LogP contribution is 2.23. The lowest BCUT2D eigenvalue weighted by Gasteiger charge is -2.36. The van der Waals surface area contributed by atoms with Gasteiger partial charge in [-0.2, -0.15) is 4.31 Å². The van der Waals surface area contributed by atoms with Crippen molar-refractivity contribution in [3.05, 3.63) is 66.0 Å². The third-order valence-corrected chi connectivity index (χ3v) is 9.43. The second-order valence-corrected chi connectivity index (χ2v) is 11.2. The zero-order valence-electron chi connectivity index (χ0n) is 19.2. The van der Waals surface area contributed by atoms with Crippen LogP contribution in [0.25, 0.3) is 11.0 Å². The van der Waals surface area contributed by atoms with Crippen molar-refractivity contribution >= 4 is 21.1 Å². The monoisotopic (exact) mass is 468 g/mol. The van der Waals surface area contributed by atoms with Crippen LogP contribution in [0.3, 0.4) is 0 Å². The summed E-state index contributed by atoms with van der Waals surface area (Å²) in [5.41, 5.74) is 9.49. The number of benzene rings is 2. The average Bonchev–Trinajstić information content (AvgIpc) is 3.34. The standard InChI is InChI=1S/C24H32N6O2S/c1-18-24(19(2)27-26-18)33(31,32)29-14-12-28(13-15-29)17-23-25-21-10-6-7-11-22(21)30(23)16-20-8-4-3-5-9-20/h3-11,18-19,24,26-27H,12-17H2,1-2H3. The van der Waals surface area contributed by atoms with Gasteiger partial charge in [-0.15, -0.1) is 0 Å². The van der Waals surface area contributed by atoms with Crippen LogP contribution in [0.4, 0.5) is 0 Å². The minimum atomic E-state index is -3.36. The fraction of sp³-hybridized carbons (Fsp3) is 0.458. The van der Waals surface area contributed by atoms with Crippen LogP contribution in [0.2, 0.25) is 0 Å². The molecule has 0 spiro atoms. The number of nitrogens with one attached hydrogen (secondary N) is 2. The number of aromatic nitrogens is 2. The number of imidazole rings is 1. The summed E-state index contributed by atoms with van der Waals surface area (Å²) in [6, 6.07) is 18.4. The Kier molecular flexibility index (Phi) is 6.24. The molecule has 2 fully saturated rings. The van der Waals surface area contributed by atoms with E-state index in [1.54, 1.807) is 4.31 Å². The van der Waals surface area contributed by atoms with E-state index in [9.17, 15) is 8.42 Å². The van der Waals surface area contributed by atoms with Crippen molar-refractivity contribution in [2.45, 2.75) is 44.3 Å². The molecule has 33 heavy (non-hydrogen) atoms. The Bertz CT molecular complexity index is 1190. The van der Waals surface area contributed by atoms with E-state index in [0.29, 0.717) is 32.7 Å². The van der Waals surface area contributed by atoms with Crippen LogP contribution in [-0.4, -0.2) is 70.7 Å². The maximum absolute atomic E-state index is 13.3. The van der Waals surface area contributed by atoms with Gasteiger partial charge in [-0.1, -0.05) is 42.5 Å². The van der Waals surface area contributed by atoms with E-state index >= 15 is 0 Å². The number of hydrazine groups is 1. The maximum Gasteiger partial charge on any atom is 0.220 e. The minimum Gasteiger partial charge on any atom is -0.322 e. The summed E-state index contributed by atoms with van der Waals surface area (Å²) in [6.07, 6.45) is 0. The Morgan fingerprint density at radius 3 is 2.21 bits per heavy atom. The minimum absolute atomic E-state index is 0.110. The van der Waals surface area contributed by atoms with Crippen LogP contribution in [0, 0.1) is 0 Å². The molecule has 0 saturated carbocycles. The number of para-hydroxylation sites is 2. The third kappa shape index (κ3) is 4.43. The van der Waals surface area contributed by atoms with Crippen LogP contribution in [0.15, 0.2) is 54.6 Å². The second-order valence-electron chi connectivity index (χ2n) is 9.14. The van der Waals surface area contributed by atoms with E-state index in [0.717, 1.165) is 23.4 Å². The molecule has 0 bridgehead atoms. The molecule has 0 amide bonds. The molecule has 2 N–H and O–H groups in total. The van der Waals surface area contributed by atoms with Crippen molar-refractivity contribution in [3.8, 4) is 0 Å². The molecule has 2 atom stereocenters. The van der Waals surface area contributed by atoms with Gasteiger partial charge >= 0.3 is 0 Å². The van der Waals surface area contributed by atoms with Gasteiger partial charge in [0.05, 0.1) is 17.6 Å². The zero-order chi connectivity index (χ0) is 23.0. The summed E-state index contributed by atoms with van der Waals surface area (Å²) >= 11 is 0. The molecule has 9 heteroatoms. The largest absolute Gasteiger partial charge is 0.322 e. The number of sulfonamides is 1. The lowest BCUT2D eigenvalue weighted by Crippen LogP contribution is -2.54. The molecule has 2 aliphatic rings. The molecule has 176 valence electrons. The summed E-state index contributed by atoms with van der Waals surface area (Å²) in [7, 11) is -3.36. The molecule has 5 rings (SSSR count). The smallest absolute Gasteiger partial charge is 0.220 e. The summed E-state index contributed by atoms with van der Waals surface area (Å²) in [6.45, 7) is 7.73. The van der Waals surface area contributed by atoms with Crippen LogP contribution < -0.4 is 10.9 Å². The molecular formula is C24H32N6O2S. The Morgan fingerprint density at radius 2 is 1.52 bits per heavy atom. The number of fused-ring (bicyclic) bond motifs is 1. The van der Waals surface area contributed by atoms with Crippen LogP contribution in [-0.2, 0) is 23.1 Å². The maximum atomic E-state index is 13.3. The number of piperazine rings is 1. The van der Waals surface area contributed by atoms with E-state index in [2.05, 4.69) is 56.7 Å². The lowest BCUT2D eigenvalue weighted by molar-refractivity contribution is 0.175. The molecule has 2 aromatic carbocycles. The first kappa shape index (κ1) is 22.5. The molecule has 2 unspecified atom stereocenters. The van der Waals surface area contributed by atoms with Crippen molar-refractivity contribution in [1.82, 2.24) is 29.6 Å². The first-order valence-electron chi connectivity index (χ1n) is 11.6. The molecule has 8 nitrogen and oxygen atoms in total. The van der Waals surface area contributed by atoms with Crippen LogP contribution in [0.5, 0.6) is 0 Å². The fourth-order valence-electron chi connectivity index (χ4n) is 5.08. The van der Waals surface area contributed by atoms with Gasteiger partial charge in [-0.05, 0) is 31.5 Å². The normalized spacial score (nSPS) is 25.1. The Morgan fingerprint density at radius 1 is 0.879 bits per heavy atom. The zero-order valence-corrected chi connectivity index (χ0v) is 20.0. The Hall–Kier alpha value is -2.30. The predicted octanol–water partition coefficient (Wildman–Crippen LogP) is 1.79. The summed E-state index contributed by atoms with van der Waals surface area (Å²) in [4.78, 5) is 7.24. The van der Waals surface area contributed by atoms with Crippen LogP contribution in [0.1, 0.15) is 25.2 Å². The summed E-state index contributed by atoms with van der Waals surface area (Å²) in [5.74, 6) is 1.02. The van der Waals surface area contributed by atoms with Gasteiger partial charge in [0.1, 0.15) is 11.1 Å². The Balaban J connectivity index is 1.31. The van der Waals surface area contributed by atoms with E-state index in [1.165, 1.54) is 5.56 Å². The number of nitrogens with zero attached hydrogens (tertiary/aromatic N) is 4. The predicted molar refractivity (Wildman–Crippen MR) is 130 cm³/mol. The third-order valence-electron chi connectivity index (χ3n) is 6.84. The van der Waals surface area contributed by atoms with Gasteiger partial charge in [0, 0.05) is 44.8 Å². The quantitative estimate of drug-likeness (QED) is 0.574. The van der Waals surface area contributed by atoms with Gasteiger partial charge < -0.3 is 4.57 Å². The molecule has 3 heterocycles. The molecule has 0 aliphatic carbocycles. The molecule has 1 aromatic heterocycles. The molecule has 3 aromatic rings. The van der Waals surface area contributed by atoms with Crippen molar-refractivity contribution in [2.24, 2.45) is 0 Å². The molecular weight excluding hydrogens is 436 g/mol. The topological polar surface area (TPSA) is 82.5 Å². The highest BCUT2D eigenvalue weighted by atomic mass is 32.2. The van der Waals surface area contributed by atoms with Crippen molar-refractivity contribution in [1.29, 1.82) is 0 Å². The fourth-order valence-corrected chi connectivity index (χ4v) is 7.26. The van der Waals surface area contributed by atoms with E-state index < -0.39 is 15.3 Å². The Labute approximate surface area is 195 Å². The van der Waals surface area contributed by atoms with E-state index in [1.807, 2.05) is 32.0 Å². The highest BCUT2D eigenvalue weighted by Gasteiger charge is 2.44. The van der Waals surface area contributed by atoms with Crippen molar-refractivity contribution in [2.75, 3.05) is 26.2 Å². The van der Waals surface area contributed by atoms with Gasteiger partial charge in [-0.3, -0.25) is 15.8 Å². The van der Waals surface area contributed by atoms with Gasteiger partial charge in [0.2, 0.25) is 10.0 Å². The van der Waals surface area contributed by atoms with Crippen molar-refractivity contribution < 1.29 is 8.42 Å². The van der Waals surface area contributed by atoms with E-state index in [-0.39, 0.29) is 12.1 Å².